The third kappa shape index (κ3) is 4.64. The summed E-state index contributed by atoms with van der Waals surface area (Å²) in [6.07, 6.45) is 0. The highest BCUT2D eigenvalue weighted by Crippen LogP contribution is 2.28. The van der Waals surface area contributed by atoms with E-state index in [4.69, 9.17) is 0 Å². The van der Waals surface area contributed by atoms with Crippen molar-refractivity contribution in [2.75, 3.05) is 0 Å². The molecule has 1 N–H and O–H groups in total. The van der Waals surface area contributed by atoms with Crippen LogP contribution in [-0.4, -0.2) is 0 Å². The molecule has 0 aliphatic heterocycles. The van der Waals surface area contributed by atoms with Crippen molar-refractivity contribution in [1.29, 1.82) is 5.26 Å². The lowest BCUT2D eigenvalue weighted by Crippen LogP contribution is -2.26. The van der Waals surface area contributed by atoms with E-state index in [9.17, 15) is 5.26 Å². The molecule has 0 saturated carbocycles. The average molecular weight is 354 g/mol. The summed E-state index contributed by atoms with van der Waals surface area (Å²) in [7, 11) is 0. The zero-order valence-corrected chi connectivity index (χ0v) is 16.2. The molecule has 1 unspecified atom stereocenters. The Morgan fingerprint density at radius 3 is 1.59 bits per heavy atom. The zero-order valence-electron chi connectivity index (χ0n) is 16.2. The molecule has 0 aliphatic rings. The van der Waals surface area contributed by atoms with Crippen LogP contribution in [0, 0.1) is 11.3 Å². The maximum atomic E-state index is 9.84. The largest absolute Gasteiger partial charge is 0.287 e. The minimum atomic E-state index is -0.385. The summed E-state index contributed by atoms with van der Waals surface area (Å²) in [4.78, 5) is 0. The number of hydrogen-bond donors (Lipinski definition) is 1. The van der Waals surface area contributed by atoms with Gasteiger partial charge in [0.15, 0.2) is 0 Å². The van der Waals surface area contributed by atoms with Crippen LogP contribution in [-0.2, 0) is 5.41 Å². The normalized spacial score (nSPS) is 12.6. The minimum absolute atomic E-state index is 0.0423. The van der Waals surface area contributed by atoms with Gasteiger partial charge in [0.05, 0.1) is 12.1 Å². The fourth-order valence-electron chi connectivity index (χ4n) is 3.23. The molecule has 0 bridgehead atoms. The maximum Gasteiger partial charge on any atom is 0.122 e. The summed E-state index contributed by atoms with van der Waals surface area (Å²) in [6, 6.07) is 30.9. The molecule has 0 spiro atoms. The fraction of sp³-hybridized carbons (Fsp3) is 0.240. The van der Waals surface area contributed by atoms with Crippen LogP contribution in [0.5, 0.6) is 0 Å². The molecule has 0 aliphatic carbocycles. The van der Waals surface area contributed by atoms with Crippen LogP contribution in [0.3, 0.4) is 0 Å². The molecule has 2 heteroatoms. The Morgan fingerprint density at radius 1 is 0.704 bits per heavy atom. The molecule has 3 aromatic rings. The van der Waals surface area contributed by atoms with Gasteiger partial charge in [-0.2, -0.15) is 5.26 Å². The number of nitrogens with zero attached hydrogens (tertiary/aromatic N) is 1. The lowest BCUT2D eigenvalue weighted by atomic mass is 9.86. The van der Waals surface area contributed by atoms with E-state index < -0.39 is 0 Å². The number of rotatable bonds is 5. The predicted molar refractivity (Wildman–Crippen MR) is 111 cm³/mol. The molecule has 0 saturated heterocycles. The van der Waals surface area contributed by atoms with E-state index in [1.807, 2.05) is 36.4 Å². The van der Waals surface area contributed by atoms with Crippen LogP contribution in [0.15, 0.2) is 84.9 Å². The number of hydrogen-bond acceptors (Lipinski definition) is 2. The summed E-state index contributed by atoms with van der Waals surface area (Å²) >= 11 is 0. The molecule has 27 heavy (non-hydrogen) atoms. The Labute approximate surface area is 162 Å². The van der Waals surface area contributed by atoms with E-state index in [0.29, 0.717) is 0 Å². The lowest BCUT2D eigenvalue weighted by Gasteiger charge is -2.24. The van der Waals surface area contributed by atoms with Gasteiger partial charge in [0.2, 0.25) is 0 Å². The molecule has 136 valence electrons. The zero-order chi connectivity index (χ0) is 19.3. The molecule has 0 amide bonds. The van der Waals surface area contributed by atoms with Crippen molar-refractivity contribution in [3.63, 3.8) is 0 Å². The summed E-state index contributed by atoms with van der Waals surface area (Å²) in [5.74, 6) is 0. The van der Waals surface area contributed by atoms with E-state index in [1.54, 1.807) is 0 Å². The lowest BCUT2D eigenvalue weighted by molar-refractivity contribution is 0.557. The predicted octanol–water partition coefficient (Wildman–Crippen LogP) is 5.93. The van der Waals surface area contributed by atoms with Gasteiger partial charge >= 0.3 is 0 Å². The van der Waals surface area contributed by atoms with Crippen LogP contribution in [0.2, 0.25) is 0 Å². The molecular formula is C25H26N2. The highest BCUT2D eigenvalue weighted by molar-refractivity contribution is 5.35. The molecule has 0 fully saturated rings. The molecule has 0 aromatic heterocycles. The topological polar surface area (TPSA) is 35.8 Å². The second-order valence-corrected chi connectivity index (χ2v) is 7.86. The number of nitrogens with one attached hydrogen (secondary N) is 1. The molecule has 1 atom stereocenters. The van der Waals surface area contributed by atoms with E-state index in [-0.39, 0.29) is 17.5 Å². The summed E-state index contributed by atoms with van der Waals surface area (Å²) < 4.78 is 0. The Balaban J connectivity index is 1.91. The molecule has 0 heterocycles. The first-order valence-electron chi connectivity index (χ1n) is 9.35. The Hall–Kier alpha value is -2.89. The van der Waals surface area contributed by atoms with Crippen molar-refractivity contribution in [3.05, 3.63) is 107 Å². The molecule has 3 aromatic carbocycles. The smallest absolute Gasteiger partial charge is 0.122 e. The molecule has 0 radical (unpaired) electrons. The van der Waals surface area contributed by atoms with Crippen molar-refractivity contribution in [2.24, 2.45) is 0 Å². The van der Waals surface area contributed by atoms with Crippen LogP contribution >= 0.6 is 0 Å². The number of benzene rings is 3. The van der Waals surface area contributed by atoms with Crippen molar-refractivity contribution in [1.82, 2.24) is 5.32 Å². The van der Waals surface area contributed by atoms with Gasteiger partial charge in [0, 0.05) is 0 Å². The van der Waals surface area contributed by atoms with Gasteiger partial charge in [0.25, 0.3) is 0 Å². The first kappa shape index (κ1) is 18.9. The van der Waals surface area contributed by atoms with Gasteiger partial charge < -0.3 is 0 Å². The monoisotopic (exact) mass is 354 g/mol. The quantitative estimate of drug-likeness (QED) is 0.616. The van der Waals surface area contributed by atoms with Gasteiger partial charge in [0.1, 0.15) is 6.04 Å². The van der Waals surface area contributed by atoms with Crippen molar-refractivity contribution in [2.45, 2.75) is 38.3 Å². The summed E-state index contributed by atoms with van der Waals surface area (Å²) in [5.41, 5.74) is 4.66. The Bertz CT molecular complexity index is 846. The Morgan fingerprint density at radius 2 is 1.19 bits per heavy atom. The third-order valence-corrected chi connectivity index (χ3v) is 4.84. The van der Waals surface area contributed by atoms with Crippen LogP contribution in [0.25, 0.3) is 0 Å². The average Bonchev–Trinajstić information content (AvgIpc) is 2.70. The second-order valence-electron chi connectivity index (χ2n) is 7.86. The molecule has 3 rings (SSSR count). The highest BCUT2D eigenvalue weighted by Gasteiger charge is 2.20. The first-order chi connectivity index (χ1) is 13.0. The van der Waals surface area contributed by atoms with Crippen LogP contribution in [0.4, 0.5) is 0 Å². The molecule has 2 nitrogen and oxygen atoms in total. The van der Waals surface area contributed by atoms with Gasteiger partial charge in [-0.25, -0.2) is 0 Å². The van der Waals surface area contributed by atoms with Crippen molar-refractivity contribution in [3.8, 4) is 6.07 Å². The Kier molecular flexibility index (Phi) is 5.74. The summed E-state index contributed by atoms with van der Waals surface area (Å²) in [6.45, 7) is 6.59. The van der Waals surface area contributed by atoms with E-state index in [1.165, 1.54) is 5.56 Å². The van der Waals surface area contributed by atoms with Crippen LogP contribution in [0.1, 0.15) is 55.1 Å². The minimum Gasteiger partial charge on any atom is -0.287 e. The van der Waals surface area contributed by atoms with Gasteiger partial charge in [-0.05, 0) is 27.7 Å². The van der Waals surface area contributed by atoms with E-state index >= 15 is 0 Å². The fourth-order valence-corrected chi connectivity index (χ4v) is 3.23. The van der Waals surface area contributed by atoms with Crippen LogP contribution < -0.4 is 5.32 Å². The van der Waals surface area contributed by atoms with Gasteiger partial charge in [-0.15, -0.1) is 0 Å². The standard InChI is InChI=1S/C25H26N2/c1-25(2,3)22-16-14-19(15-17-22)23(18-26)27-24(20-10-6-4-7-11-20)21-12-8-5-9-13-21/h4-17,23-24,27H,1-3H3. The summed E-state index contributed by atoms with van der Waals surface area (Å²) in [5, 5.41) is 13.4. The van der Waals surface area contributed by atoms with Crippen molar-refractivity contribution >= 4 is 0 Å². The highest BCUT2D eigenvalue weighted by atomic mass is 15.0. The molecular weight excluding hydrogens is 328 g/mol. The number of nitriles is 1. The van der Waals surface area contributed by atoms with Crippen molar-refractivity contribution < 1.29 is 0 Å². The second kappa shape index (κ2) is 8.20. The SMILES string of the molecule is CC(C)(C)c1ccc(C(C#N)NC(c2ccccc2)c2ccccc2)cc1. The van der Waals surface area contributed by atoms with E-state index in [0.717, 1.165) is 16.7 Å². The van der Waals surface area contributed by atoms with Gasteiger partial charge in [-0.3, -0.25) is 5.32 Å². The van der Waals surface area contributed by atoms with E-state index in [2.05, 4.69) is 80.7 Å². The maximum absolute atomic E-state index is 9.84. The third-order valence-electron chi connectivity index (χ3n) is 4.84. The first-order valence-corrected chi connectivity index (χ1v) is 9.35. The van der Waals surface area contributed by atoms with Gasteiger partial charge in [-0.1, -0.05) is 106 Å².